The molecule has 148 valence electrons. The molecule has 1 saturated carbocycles. The highest BCUT2D eigenvalue weighted by Gasteiger charge is 2.22. The van der Waals surface area contributed by atoms with E-state index in [9.17, 15) is 9.18 Å². The summed E-state index contributed by atoms with van der Waals surface area (Å²) < 4.78 is 13.1. The number of carbonyl (C=O) groups is 1. The van der Waals surface area contributed by atoms with Crippen molar-refractivity contribution in [2.75, 3.05) is 41.3 Å². The van der Waals surface area contributed by atoms with Gasteiger partial charge in [0.2, 0.25) is 5.91 Å². The highest BCUT2D eigenvalue weighted by atomic mass is 19.1. The van der Waals surface area contributed by atoms with E-state index in [0.29, 0.717) is 5.82 Å². The largest absolute Gasteiger partial charge is 0.368 e. The lowest BCUT2D eigenvalue weighted by atomic mass is 9.89. The summed E-state index contributed by atoms with van der Waals surface area (Å²) in [4.78, 5) is 16.7. The van der Waals surface area contributed by atoms with Gasteiger partial charge in [0.05, 0.1) is 0 Å². The van der Waals surface area contributed by atoms with E-state index in [0.717, 1.165) is 63.4 Å². The Morgan fingerprint density at radius 3 is 2.21 bits per heavy atom. The number of piperazine rings is 1. The van der Waals surface area contributed by atoms with Crippen LogP contribution in [0.1, 0.15) is 32.1 Å². The summed E-state index contributed by atoms with van der Waals surface area (Å²) in [5, 5.41) is 11.4. The third kappa shape index (κ3) is 4.40. The Morgan fingerprint density at radius 1 is 0.893 bits per heavy atom. The molecule has 0 spiro atoms. The molecule has 0 bridgehead atoms. The lowest BCUT2D eigenvalue weighted by Gasteiger charge is -2.36. The van der Waals surface area contributed by atoms with Gasteiger partial charge < -0.3 is 15.1 Å². The summed E-state index contributed by atoms with van der Waals surface area (Å²) in [5.74, 6) is 1.29. The highest BCUT2D eigenvalue weighted by Crippen LogP contribution is 2.25. The number of benzene rings is 1. The van der Waals surface area contributed by atoms with Crippen LogP contribution in [0.15, 0.2) is 36.4 Å². The zero-order valence-corrected chi connectivity index (χ0v) is 16.0. The molecule has 7 heteroatoms. The third-order valence-electron chi connectivity index (χ3n) is 5.67. The van der Waals surface area contributed by atoms with Gasteiger partial charge in [0.15, 0.2) is 11.6 Å². The first-order valence-corrected chi connectivity index (χ1v) is 10.1. The van der Waals surface area contributed by atoms with E-state index in [-0.39, 0.29) is 17.6 Å². The average molecular weight is 383 g/mol. The minimum Gasteiger partial charge on any atom is -0.368 e. The molecule has 1 aliphatic heterocycles. The van der Waals surface area contributed by atoms with Gasteiger partial charge in [-0.3, -0.25) is 4.79 Å². The van der Waals surface area contributed by atoms with E-state index < -0.39 is 0 Å². The molecule has 1 aliphatic carbocycles. The second-order valence-corrected chi connectivity index (χ2v) is 7.55. The van der Waals surface area contributed by atoms with E-state index in [4.69, 9.17) is 0 Å². The normalized spacial score (nSPS) is 18.2. The van der Waals surface area contributed by atoms with E-state index in [1.807, 2.05) is 24.3 Å². The number of carbonyl (C=O) groups excluding carboxylic acids is 1. The summed E-state index contributed by atoms with van der Waals surface area (Å²) in [6.45, 7) is 3.32. The fourth-order valence-electron chi connectivity index (χ4n) is 4.00. The number of halogens is 1. The van der Waals surface area contributed by atoms with Gasteiger partial charge in [-0.25, -0.2) is 4.39 Å². The van der Waals surface area contributed by atoms with Crippen LogP contribution in [0.3, 0.4) is 0 Å². The Balaban J connectivity index is 1.30. The number of hydrogen-bond donors (Lipinski definition) is 1. The average Bonchev–Trinajstić information content (AvgIpc) is 2.76. The Hall–Kier alpha value is -2.70. The molecule has 28 heavy (non-hydrogen) atoms. The van der Waals surface area contributed by atoms with Crippen LogP contribution in [0, 0.1) is 11.7 Å². The molecular formula is C21H26FN5O. The van der Waals surface area contributed by atoms with Gasteiger partial charge >= 0.3 is 0 Å². The Bertz CT molecular complexity index is 781. The molecule has 0 atom stereocenters. The van der Waals surface area contributed by atoms with Crippen molar-refractivity contribution in [3.8, 4) is 0 Å². The number of hydrogen-bond acceptors (Lipinski definition) is 5. The maximum Gasteiger partial charge on any atom is 0.228 e. The molecule has 2 heterocycles. The summed E-state index contributed by atoms with van der Waals surface area (Å²) >= 11 is 0. The van der Waals surface area contributed by atoms with Crippen molar-refractivity contribution in [2.45, 2.75) is 32.1 Å². The molecule has 1 amide bonds. The Kier molecular flexibility index (Phi) is 5.69. The van der Waals surface area contributed by atoms with Gasteiger partial charge in [0, 0.05) is 37.8 Å². The van der Waals surface area contributed by atoms with Crippen LogP contribution >= 0.6 is 0 Å². The summed E-state index contributed by atoms with van der Waals surface area (Å²) in [5.41, 5.74) is 1.04. The summed E-state index contributed by atoms with van der Waals surface area (Å²) in [6, 6.07) is 10.4. The number of amides is 1. The smallest absolute Gasteiger partial charge is 0.228 e. The van der Waals surface area contributed by atoms with Crippen LogP contribution < -0.4 is 15.1 Å². The number of anilines is 3. The van der Waals surface area contributed by atoms with E-state index in [2.05, 4.69) is 25.3 Å². The van der Waals surface area contributed by atoms with Crippen molar-refractivity contribution in [1.82, 2.24) is 10.2 Å². The Morgan fingerprint density at radius 2 is 1.57 bits per heavy atom. The maximum atomic E-state index is 13.1. The van der Waals surface area contributed by atoms with Crippen LogP contribution in [0.25, 0.3) is 0 Å². The summed E-state index contributed by atoms with van der Waals surface area (Å²) in [6.07, 6.45) is 5.43. The minimum absolute atomic E-state index is 0.0645. The van der Waals surface area contributed by atoms with Crippen molar-refractivity contribution in [3.63, 3.8) is 0 Å². The van der Waals surface area contributed by atoms with Crippen molar-refractivity contribution in [1.29, 1.82) is 0 Å². The van der Waals surface area contributed by atoms with Gasteiger partial charge in [-0.1, -0.05) is 19.3 Å². The number of aromatic nitrogens is 2. The molecule has 1 N–H and O–H groups in total. The molecular weight excluding hydrogens is 357 g/mol. The fourth-order valence-corrected chi connectivity index (χ4v) is 4.00. The first kappa shape index (κ1) is 18.7. The lowest BCUT2D eigenvalue weighted by molar-refractivity contribution is -0.120. The van der Waals surface area contributed by atoms with Crippen molar-refractivity contribution < 1.29 is 9.18 Å². The first-order chi connectivity index (χ1) is 13.7. The molecule has 2 aromatic rings. The van der Waals surface area contributed by atoms with Crippen molar-refractivity contribution in [3.05, 3.63) is 42.2 Å². The molecule has 1 saturated heterocycles. The van der Waals surface area contributed by atoms with E-state index in [1.165, 1.54) is 18.6 Å². The number of nitrogens with one attached hydrogen (secondary N) is 1. The van der Waals surface area contributed by atoms with E-state index in [1.54, 1.807) is 0 Å². The topological polar surface area (TPSA) is 61.4 Å². The van der Waals surface area contributed by atoms with Gasteiger partial charge in [-0.2, -0.15) is 0 Å². The number of nitrogens with zero attached hydrogens (tertiary/aromatic N) is 4. The molecule has 2 aliphatic rings. The van der Waals surface area contributed by atoms with E-state index >= 15 is 0 Å². The second kappa shape index (κ2) is 8.54. The second-order valence-electron chi connectivity index (χ2n) is 7.55. The molecule has 6 nitrogen and oxygen atoms in total. The third-order valence-corrected chi connectivity index (χ3v) is 5.67. The predicted octanol–water partition coefficient (Wildman–Crippen LogP) is 3.46. The fraction of sp³-hybridized carbons (Fsp3) is 0.476. The first-order valence-electron chi connectivity index (χ1n) is 10.1. The zero-order chi connectivity index (χ0) is 19.3. The SMILES string of the molecule is O=C(Nc1ccc(N2CCN(c3ccc(F)cc3)CC2)nn1)C1CCCCC1. The molecule has 1 aromatic heterocycles. The van der Waals surface area contributed by atoms with Crippen LogP contribution in [0.5, 0.6) is 0 Å². The quantitative estimate of drug-likeness (QED) is 0.876. The highest BCUT2D eigenvalue weighted by molar-refractivity contribution is 5.91. The van der Waals surface area contributed by atoms with Crippen molar-refractivity contribution in [2.24, 2.45) is 5.92 Å². The van der Waals surface area contributed by atoms with Crippen LogP contribution in [-0.4, -0.2) is 42.3 Å². The zero-order valence-electron chi connectivity index (χ0n) is 16.0. The monoisotopic (exact) mass is 383 g/mol. The van der Waals surface area contributed by atoms with Crippen molar-refractivity contribution >= 4 is 23.2 Å². The molecule has 1 aromatic carbocycles. The van der Waals surface area contributed by atoms with Gasteiger partial charge in [-0.05, 0) is 49.2 Å². The van der Waals surface area contributed by atoms with Gasteiger partial charge in [0.25, 0.3) is 0 Å². The molecule has 4 rings (SSSR count). The van der Waals surface area contributed by atoms with Crippen LogP contribution in [0.4, 0.5) is 21.7 Å². The minimum atomic E-state index is -0.215. The lowest BCUT2D eigenvalue weighted by Crippen LogP contribution is -2.46. The molecule has 2 fully saturated rings. The van der Waals surface area contributed by atoms with Crippen LogP contribution in [-0.2, 0) is 4.79 Å². The maximum absolute atomic E-state index is 13.1. The molecule has 0 radical (unpaired) electrons. The van der Waals surface area contributed by atoms with Gasteiger partial charge in [-0.15, -0.1) is 10.2 Å². The predicted molar refractivity (Wildman–Crippen MR) is 108 cm³/mol. The number of rotatable bonds is 4. The Labute approximate surface area is 164 Å². The summed E-state index contributed by atoms with van der Waals surface area (Å²) in [7, 11) is 0. The standard InChI is InChI=1S/C21H26FN5O/c22-17-6-8-18(9-7-17)26-12-14-27(15-13-26)20-11-10-19(24-25-20)23-21(28)16-4-2-1-3-5-16/h6-11,16H,1-5,12-15H2,(H,23,24,28). The molecule has 0 unspecified atom stereocenters. The van der Waals surface area contributed by atoms with Crippen LogP contribution in [0.2, 0.25) is 0 Å². The van der Waals surface area contributed by atoms with Gasteiger partial charge in [0.1, 0.15) is 5.82 Å².